The number of pyridine rings is 1. The number of nitrogens with one attached hydrogen (secondary N) is 2. The first-order chi connectivity index (χ1) is 14.5. The van der Waals surface area contributed by atoms with Gasteiger partial charge in [-0.1, -0.05) is 18.2 Å². The van der Waals surface area contributed by atoms with Crippen molar-refractivity contribution in [2.45, 2.75) is 50.7 Å². The molecule has 2 amide bonds. The number of aromatic nitrogens is 2. The molecule has 7 heteroatoms. The number of anilines is 1. The maximum absolute atomic E-state index is 13.3. The minimum atomic E-state index is -0.497. The lowest BCUT2D eigenvalue weighted by Gasteiger charge is -2.40. The van der Waals surface area contributed by atoms with Crippen LogP contribution in [0.3, 0.4) is 0 Å². The third-order valence-corrected chi connectivity index (χ3v) is 6.54. The number of nitrogens with two attached hydrogens (primary N) is 1. The number of amides is 2. The Hall–Kier alpha value is -3.35. The third-order valence-electron chi connectivity index (χ3n) is 6.54. The van der Waals surface area contributed by atoms with E-state index in [0.29, 0.717) is 5.56 Å². The van der Waals surface area contributed by atoms with Gasteiger partial charge < -0.3 is 20.9 Å². The molecule has 3 aromatic rings. The minimum absolute atomic E-state index is 0.133. The van der Waals surface area contributed by atoms with Gasteiger partial charge >= 0.3 is 0 Å². The van der Waals surface area contributed by atoms with Crippen LogP contribution >= 0.6 is 0 Å². The van der Waals surface area contributed by atoms with Crippen LogP contribution in [0.2, 0.25) is 0 Å². The van der Waals surface area contributed by atoms with Crippen molar-refractivity contribution in [3.8, 4) is 0 Å². The van der Waals surface area contributed by atoms with Crippen molar-refractivity contribution in [3.05, 3.63) is 59.4 Å². The van der Waals surface area contributed by atoms with Gasteiger partial charge in [0.05, 0.1) is 11.3 Å². The highest BCUT2D eigenvalue weighted by molar-refractivity contribution is 6.06. The van der Waals surface area contributed by atoms with E-state index in [0.717, 1.165) is 53.5 Å². The smallest absolute Gasteiger partial charge is 0.254 e. The SMILES string of the molecule is Cc1ccccc1C(=O)N1[C@@H]2CC[C@H]1CC(Nc1c(C(N)=O)cnc3[nH]ccc13)C2. The number of aromatic amines is 1. The first-order valence-electron chi connectivity index (χ1n) is 10.4. The lowest BCUT2D eigenvalue weighted by Crippen LogP contribution is -2.50. The summed E-state index contributed by atoms with van der Waals surface area (Å²) >= 11 is 0. The number of nitrogens with zero attached hydrogens (tertiary/aromatic N) is 2. The quantitative estimate of drug-likeness (QED) is 0.622. The number of hydrogen-bond acceptors (Lipinski definition) is 4. The van der Waals surface area contributed by atoms with Gasteiger partial charge in [-0.2, -0.15) is 0 Å². The molecule has 2 aromatic heterocycles. The highest BCUT2D eigenvalue weighted by Gasteiger charge is 2.43. The molecule has 0 aliphatic carbocycles. The fraction of sp³-hybridized carbons (Fsp3) is 0.348. The van der Waals surface area contributed by atoms with Crippen molar-refractivity contribution in [2.24, 2.45) is 5.73 Å². The summed E-state index contributed by atoms with van der Waals surface area (Å²) in [5.41, 5.74) is 9.26. The van der Waals surface area contributed by atoms with Crippen molar-refractivity contribution in [2.75, 3.05) is 5.32 Å². The van der Waals surface area contributed by atoms with Gasteiger partial charge in [0.15, 0.2) is 0 Å². The molecule has 7 nitrogen and oxygen atoms in total. The zero-order chi connectivity index (χ0) is 20.8. The molecule has 0 saturated carbocycles. The Morgan fingerprint density at radius 3 is 2.57 bits per heavy atom. The molecule has 3 atom stereocenters. The van der Waals surface area contributed by atoms with Crippen molar-refractivity contribution in [1.29, 1.82) is 0 Å². The normalized spacial score (nSPS) is 23.0. The number of aryl methyl sites for hydroxylation is 1. The summed E-state index contributed by atoms with van der Waals surface area (Å²) in [6, 6.07) is 10.3. The molecule has 2 bridgehead atoms. The fourth-order valence-corrected chi connectivity index (χ4v) is 5.13. The lowest BCUT2D eigenvalue weighted by atomic mass is 9.95. The molecule has 4 N–H and O–H groups in total. The van der Waals surface area contributed by atoms with Gasteiger partial charge in [0.25, 0.3) is 11.8 Å². The predicted molar refractivity (Wildman–Crippen MR) is 115 cm³/mol. The molecule has 5 rings (SSSR count). The Morgan fingerprint density at radius 2 is 1.87 bits per heavy atom. The maximum atomic E-state index is 13.3. The molecular weight excluding hydrogens is 378 g/mol. The van der Waals surface area contributed by atoms with E-state index < -0.39 is 5.91 Å². The second-order valence-corrected chi connectivity index (χ2v) is 8.38. The molecule has 4 heterocycles. The second-order valence-electron chi connectivity index (χ2n) is 8.38. The summed E-state index contributed by atoms with van der Waals surface area (Å²) in [6.45, 7) is 1.99. The standard InChI is InChI=1S/C23H25N5O2/c1-13-4-2-3-5-17(13)23(30)28-15-6-7-16(28)11-14(10-15)27-20-18-8-9-25-22(18)26-12-19(20)21(24)29/h2-5,8-9,12,14-16H,6-7,10-11H2,1H3,(H2,24,29)(H2,25,26,27)/t14?,15-,16+. The number of H-pyrrole nitrogens is 1. The summed E-state index contributed by atoms with van der Waals surface area (Å²) in [4.78, 5) is 34.7. The van der Waals surface area contributed by atoms with Crippen LogP contribution in [0.1, 0.15) is 52.0 Å². The van der Waals surface area contributed by atoms with Crippen LogP contribution in [-0.4, -0.2) is 44.8 Å². The molecule has 2 fully saturated rings. The van der Waals surface area contributed by atoms with Gasteiger partial charge in [0.2, 0.25) is 0 Å². The van der Waals surface area contributed by atoms with Crippen molar-refractivity contribution in [1.82, 2.24) is 14.9 Å². The topological polar surface area (TPSA) is 104 Å². The molecule has 1 aromatic carbocycles. The molecule has 154 valence electrons. The predicted octanol–water partition coefficient (Wildman–Crippen LogP) is 3.22. The molecule has 1 unspecified atom stereocenters. The molecule has 30 heavy (non-hydrogen) atoms. The Morgan fingerprint density at radius 1 is 1.13 bits per heavy atom. The maximum Gasteiger partial charge on any atom is 0.254 e. The van der Waals surface area contributed by atoms with Crippen molar-refractivity contribution in [3.63, 3.8) is 0 Å². The number of primary amides is 1. The van der Waals surface area contributed by atoms with Gasteiger partial charge in [0, 0.05) is 41.5 Å². The summed E-state index contributed by atoms with van der Waals surface area (Å²) < 4.78 is 0. The average molecular weight is 403 g/mol. The zero-order valence-electron chi connectivity index (χ0n) is 16.9. The largest absolute Gasteiger partial charge is 0.381 e. The van der Waals surface area contributed by atoms with E-state index in [-0.39, 0.29) is 24.0 Å². The number of carbonyl (C=O) groups is 2. The summed E-state index contributed by atoms with van der Waals surface area (Å²) in [6.07, 6.45) is 7.05. The average Bonchev–Trinajstić information content (AvgIpc) is 3.30. The number of benzene rings is 1. The van der Waals surface area contributed by atoms with Crippen LogP contribution < -0.4 is 11.1 Å². The summed E-state index contributed by atoms with van der Waals surface area (Å²) in [7, 11) is 0. The van der Waals surface area contributed by atoms with Crippen LogP contribution in [0, 0.1) is 6.92 Å². The summed E-state index contributed by atoms with van der Waals surface area (Å²) in [5, 5.41) is 4.43. The lowest BCUT2D eigenvalue weighted by molar-refractivity contribution is 0.0582. The van der Waals surface area contributed by atoms with Crippen LogP contribution in [0.4, 0.5) is 5.69 Å². The number of piperidine rings is 1. The Kier molecular flexibility index (Phi) is 4.46. The molecule has 2 aliphatic rings. The van der Waals surface area contributed by atoms with Gasteiger partial charge in [-0.05, 0) is 50.3 Å². The fourth-order valence-electron chi connectivity index (χ4n) is 5.13. The minimum Gasteiger partial charge on any atom is -0.381 e. The van der Waals surface area contributed by atoms with Gasteiger partial charge in [0.1, 0.15) is 5.65 Å². The van der Waals surface area contributed by atoms with E-state index in [4.69, 9.17) is 5.73 Å². The Balaban J connectivity index is 1.40. The number of rotatable bonds is 4. The molecular formula is C23H25N5O2. The molecule has 0 radical (unpaired) electrons. The first-order valence-corrected chi connectivity index (χ1v) is 10.4. The Labute approximate surface area is 174 Å². The van der Waals surface area contributed by atoms with Crippen molar-refractivity contribution >= 4 is 28.5 Å². The Bertz CT molecular complexity index is 1120. The van der Waals surface area contributed by atoms with E-state index in [2.05, 4.69) is 20.2 Å². The number of hydrogen-bond donors (Lipinski definition) is 3. The van der Waals surface area contributed by atoms with Crippen LogP contribution in [0.25, 0.3) is 11.0 Å². The van der Waals surface area contributed by atoms with Gasteiger partial charge in [-0.25, -0.2) is 4.98 Å². The highest BCUT2D eigenvalue weighted by atomic mass is 16.2. The van der Waals surface area contributed by atoms with Crippen molar-refractivity contribution < 1.29 is 9.59 Å². The summed E-state index contributed by atoms with van der Waals surface area (Å²) in [5.74, 6) is -0.364. The van der Waals surface area contributed by atoms with E-state index in [9.17, 15) is 9.59 Å². The second kappa shape index (κ2) is 7.16. The van der Waals surface area contributed by atoms with E-state index in [1.807, 2.05) is 37.3 Å². The van der Waals surface area contributed by atoms with E-state index in [1.54, 1.807) is 6.20 Å². The van der Waals surface area contributed by atoms with Crippen LogP contribution in [-0.2, 0) is 0 Å². The number of carbonyl (C=O) groups excluding carboxylic acids is 2. The zero-order valence-corrected chi connectivity index (χ0v) is 16.9. The molecule has 2 aliphatic heterocycles. The van der Waals surface area contributed by atoms with Crippen LogP contribution in [0.15, 0.2) is 42.7 Å². The van der Waals surface area contributed by atoms with Gasteiger partial charge in [-0.15, -0.1) is 0 Å². The van der Waals surface area contributed by atoms with Gasteiger partial charge in [-0.3, -0.25) is 9.59 Å². The number of fused-ring (bicyclic) bond motifs is 3. The van der Waals surface area contributed by atoms with Crippen LogP contribution in [0.5, 0.6) is 0 Å². The molecule has 2 saturated heterocycles. The van der Waals surface area contributed by atoms with E-state index in [1.165, 1.54) is 6.20 Å². The first kappa shape index (κ1) is 18.7. The molecule has 0 spiro atoms. The highest BCUT2D eigenvalue weighted by Crippen LogP contribution is 2.39. The monoisotopic (exact) mass is 403 g/mol. The van der Waals surface area contributed by atoms with E-state index >= 15 is 0 Å². The third kappa shape index (κ3) is 3.01.